The maximum Gasteiger partial charge on any atom is 0.308 e. The first-order chi connectivity index (χ1) is 6.81. The van der Waals surface area contributed by atoms with Crippen LogP contribution in [0.4, 0.5) is 0 Å². The van der Waals surface area contributed by atoms with Crippen molar-refractivity contribution in [2.75, 3.05) is 7.11 Å². The second-order valence-electron chi connectivity index (χ2n) is 2.96. The molecule has 2 aromatic rings. The highest BCUT2D eigenvalue weighted by molar-refractivity contribution is 5.53. The molecular weight excluding hydrogens is 178 g/mol. The highest BCUT2D eigenvalue weighted by Crippen LogP contribution is 2.25. The first-order valence-electron chi connectivity index (χ1n) is 4.38. The molecule has 0 fully saturated rings. The van der Waals surface area contributed by atoms with E-state index in [9.17, 15) is 0 Å². The fraction of sp³-hybridized carbons (Fsp3) is 0.182. The Morgan fingerprint density at radius 3 is 2.50 bits per heavy atom. The van der Waals surface area contributed by atoms with Crippen molar-refractivity contribution in [1.29, 1.82) is 0 Å². The standard InChI is InChI=1S/C11H11NO2/c1-8-11(13-2)14-10(12-8)9-6-4-3-5-7-9/h3-7H,1-2H3. The van der Waals surface area contributed by atoms with Crippen LogP contribution in [0.5, 0.6) is 5.95 Å². The second kappa shape index (κ2) is 3.54. The molecule has 0 aliphatic carbocycles. The van der Waals surface area contributed by atoms with E-state index in [-0.39, 0.29) is 0 Å². The van der Waals surface area contributed by atoms with Crippen LogP contribution in [0.2, 0.25) is 0 Å². The monoisotopic (exact) mass is 189 g/mol. The average molecular weight is 189 g/mol. The molecule has 72 valence electrons. The zero-order valence-electron chi connectivity index (χ0n) is 8.15. The highest BCUT2D eigenvalue weighted by atomic mass is 16.6. The van der Waals surface area contributed by atoms with Crippen LogP contribution in [0.1, 0.15) is 5.69 Å². The Hall–Kier alpha value is -1.77. The van der Waals surface area contributed by atoms with Crippen molar-refractivity contribution in [1.82, 2.24) is 4.98 Å². The van der Waals surface area contributed by atoms with Crippen molar-refractivity contribution in [2.24, 2.45) is 0 Å². The number of benzene rings is 1. The maximum atomic E-state index is 5.42. The van der Waals surface area contributed by atoms with Crippen molar-refractivity contribution in [3.63, 3.8) is 0 Å². The molecule has 0 bridgehead atoms. The number of oxazole rings is 1. The summed E-state index contributed by atoms with van der Waals surface area (Å²) in [6.07, 6.45) is 0. The summed E-state index contributed by atoms with van der Waals surface area (Å²) >= 11 is 0. The molecule has 0 radical (unpaired) electrons. The topological polar surface area (TPSA) is 35.3 Å². The van der Waals surface area contributed by atoms with E-state index >= 15 is 0 Å². The van der Waals surface area contributed by atoms with Crippen molar-refractivity contribution in [2.45, 2.75) is 6.92 Å². The molecule has 2 rings (SSSR count). The lowest BCUT2D eigenvalue weighted by Crippen LogP contribution is -1.81. The Morgan fingerprint density at radius 2 is 1.93 bits per heavy atom. The molecule has 0 N–H and O–H groups in total. The SMILES string of the molecule is COc1oc(-c2ccccc2)nc1C. The second-order valence-corrected chi connectivity index (χ2v) is 2.96. The van der Waals surface area contributed by atoms with Gasteiger partial charge in [0.15, 0.2) is 0 Å². The van der Waals surface area contributed by atoms with Gasteiger partial charge in [0.25, 0.3) is 0 Å². The Kier molecular flexibility index (Phi) is 2.23. The molecule has 0 spiro atoms. The van der Waals surface area contributed by atoms with E-state index in [1.54, 1.807) is 7.11 Å². The molecule has 0 saturated heterocycles. The minimum atomic E-state index is 0.476. The summed E-state index contributed by atoms with van der Waals surface area (Å²) in [5, 5.41) is 0. The zero-order chi connectivity index (χ0) is 9.97. The molecule has 0 aliphatic heterocycles. The lowest BCUT2D eigenvalue weighted by atomic mass is 10.2. The van der Waals surface area contributed by atoms with E-state index in [0.29, 0.717) is 11.8 Å². The zero-order valence-corrected chi connectivity index (χ0v) is 8.15. The van der Waals surface area contributed by atoms with Gasteiger partial charge in [-0.05, 0) is 19.1 Å². The summed E-state index contributed by atoms with van der Waals surface area (Å²) < 4.78 is 10.4. The molecule has 3 heteroatoms. The van der Waals surface area contributed by atoms with Gasteiger partial charge in [0.2, 0.25) is 5.89 Å². The number of aryl methyl sites for hydroxylation is 1. The smallest absolute Gasteiger partial charge is 0.308 e. The van der Waals surface area contributed by atoms with Gasteiger partial charge in [0.05, 0.1) is 7.11 Å². The van der Waals surface area contributed by atoms with E-state index in [2.05, 4.69) is 4.98 Å². The summed E-state index contributed by atoms with van der Waals surface area (Å²) in [6, 6.07) is 9.74. The third-order valence-electron chi connectivity index (χ3n) is 1.96. The maximum absolute atomic E-state index is 5.42. The van der Waals surface area contributed by atoms with Gasteiger partial charge in [-0.3, -0.25) is 0 Å². The third kappa shape index (κ3) is 1.48. The summed E-state index contributed by atoms with van der Waals surface area (Å²) in [6.45, 7) is 1.86. The predicted octanol–water partition coefficient (Wildman–Crippen LogP) is 2.66. The van der Waals surface area contributed by atoms with Gasteiger partial charge in [0, 0.05) is 5.56 Å². The minimum Gasteiger partial charge on any atom is -0.467 e. The van der Waals surface area contributed by atoms with Gasteiger partial charge in [0.1, 0.15) is 5.69 Å². The van der Waals surface area contributed by atoms with E-state index < -0.39 is 0 Å². The third-order valence-corrected chi connectivity index (χ3v) is 1.96. The van der Waals surface area contributed by atoms with Crippen LogP contribution in [-0.2, 0) is 0 Å². The van der Waals surface area contributed by atoms with Gasteiger partial charge in [-0.1, -0.05) is 18.2 Å². The Morgan fingerprint density at radius 1 is 1.21 bits per heavy atom. The number of rotatable bonds is 2. The largest absolute Gasteiger partial charge is 0.467 e. The van der Waals surface area contributed by atoms with Gasteiger partial charge in [-0.15, -0.1) is 0 Å². The van der Waals surface area contributed by atoms with E-state index in [0.717, 1.165) is 11.3 Å². The molecule has 0 saturated carbocycles. The number of hydrogen-bond donors (Lipinski definition) is 0. The number of aromatic nitrogens is 1. The van der Waals surface area contributed by atoms with Crippen LogP contribution in [0.3, 0.4) is 0 Å². The number of hydrogen-bond acceptors (Lipinski definition) is 3. The fourth-order valence-corrected chi connectivity index (χ4v) is 1.28. The lowest BCUT2D eigenvalue weighted by molar-refractivity contribution is 0.306. The van der Waals surface area contributed by atoms with E-state index in [1.165, 1.54) is 0 Å². The molecule has 3 nitrogen and oxygen atoms in total. The van der Waals surface area contributed by atoms with Crippen LogP contribution < -0.4 is 4.74 Å². The van der Waals surface area contributed by atoms with Gasteiger partial charge in [-0.25, -0.2) is 4.98 Å². The normalized spacial score (nSPS) is 10.1. The number of methoxy groups -OCH3 is 1. The lowest BCUT2D eigenvalue weighted by Gasteiger charge is -1.93. The highest BCUT2D eigenvalue weighted by Gasteiger charge is 2.10. The molecule has 0 aliphatic rings. The number of nitrogens with zero attached hydrogens (tertiary/aromatic N) is 1. The van der Waals surface area contributed by atoms with Gasteiger partial charge >= 0.3 is 5.95 Å². The molecule has 1 aromatic carbocycles. The first kappa shape index (κ1) is 8.81. The summed E-state index contributed by atoms with van der Waals surface area (Å²) in [7, 11) is 1.57. The molecule has 0 atom stereocenters. The van der Waals surface area contributed by atoms with Crippen LogP contribution in [-0.4, -0.2) is 12.1 Å². The van der Waals surface area contributed by atoms with Crippen molar-refractivity contribution >= 4 is 0 Å². The van der Waals surface area contributed by atoms with Gasteiger partial charge < -0.3 is 9.15 Å². The fourth-order valence-electron chi connectivity index (χ4n) is 1.28. The summed E-state index contributed by atoms with van der Waals surface area (Å²) in [4.78, 5) is 4.26. The molecule has 0 unspecified atom stereocenters. The quantitative estimate of drug-likeness (QED) is 0.728. The van der Waals surface area contributed by atoms with E-state index in [4.69, 9.17) is 9.15 Å². The van der Waals surface area contributed by atoms with Crippen molar-refractivity contribution in [3.8, 4) is 17.4 Å². The Bertz CT molecular complexity index is 420. The average Bonchev–Trinajstić information content (AvgIpc) is 2.61. The van der Waals surface area contributed by atoms with Crippen LogP contribution >= 0.6 is 0 Å². The molecule has 1 aromatic heterocycles. The first-order valence-corrected chi connectivity index (χ1v) is 4.38. The molecule has 1 heterocycles. The minimum absolute atomic E-state index is 0.476. The summed E-state index contributed by atoms with van der Waals surface area (Å²) in [5.41, 5.74) is 1.73. The summed E-state index contributed by atoms with van der Waals surface area (Å²) in [5.74, 6) is 1.07. The Balaban J connectivity index is 2.43. The van der Waals surface area contributed by atoms with Gasteiger partial charge in [-0.2, -0.15) is 0 Å². The van der Waals surface area contributed by atoms with Crippen molar-refractivity contribution < 1.29 is 9.15 Å². The predicted molar refractivity (Wildman–Crippen MR) is 53.2 cm³/mol. The Labute approximate surface area is 82.3 Å². The molecule has 14 heavy (non-hydrogen) atoms. The van der Waals surface area contributed by atoms with Crippen LogP contribution in [0, 0.1) is 6.92 Å². The molecule has 0 amide bonds. The molecular formula is C11H11NO2. The van der Waals surface area contributed by atoms with Crippen molar-refractivity contribution in [3.05, 3.63) is 36.0 Å². The van der Waals surface area contributed by atoms with E-state index in [1.807, 2.05) is 37.3 Å². The van der Waals surface area contributed by atoms with Crippen LogP contribution in [0.25, 0.3) is 11.5 Å². The van der Waals surface area contributed by atoms with Crippen LogP contribution in [0.15, 0.2) is 34.7 Å². The number of ether oxygens (including phenoxy) is 1.